The van der Waals surface area contributed by atoms with E-state index in [1.54, 1.807) is 17.0 Å². The first-order chi connectivity index (χ1) is 17.5. The van der Waals surface area contributed by atoms with E-state index in [1.807, 2.05) is 36.4 Å². The maximum atomic E-state index is 13.3. The average Bonchev–Trinajstić information content (AvgIpc) is 3.41. The number of anilines is 1. The number of rotatable bonds is 6. The number of phenolic OH excluding ortho intramolecular Hbond substituents is 1. The van der Waals surface area contributed by atoms with Crippen LogP contribution in [0.15, 0.2) is 60.7 Å². The highest BCUT2D eigenvalue weighted by Crippen LogP contribution is 2.31. The van der Waals surface area contributed by atoms with E-state index in [-0.39, 0.29) is 23.1 Å². The van der Waals surface area contributed by atoms with Crippen LogP contribution < -0.4 is 5.32 Å². The molecule has 2 aliphatic heterocycles. The number of carbonyl (C=O) groups excluding carboxylic acids is 2. The van der Waals surface area contributed by atoms with E-state index in [0.29, 0.717) is 18.4 Å². The van der Waals surface area contributed by atoms with Crippen molar-refractivity contribution in [1.29, 1.82) is 0 Å². The Morgan fingerprint density at radius 2 is 1.64 bits per heavy atom. The standard InChI is InChI=1S/C29H34N4O3/c1-2-31-16-18-32(19-17-31)20-21-9-12-23(13-10-21)30-28(35)26-8-5-15-33(26)29(36)25-14-11-22-6-3-4-7-24(22)27(25)34/h3-4,6-7,9-14,26,34H,2,5,8,15-20H2,1H3,(H,30,35). The van der Waals surface area contributed by atoms with E-state index in [2.05, 4.69) is 34.2 Å². The van der Waals surface area contributed by atoms with Gasteiger partial charge in [-0.25, -0.2) is 0 Å². The molecule has 2 N–H and O–H groups in total. The number of carbonyl (C=O) groups is 2. The van der Waals surface area contributed by atoms with Crippen LogP contribution in [-0.2, 0) is 11.3 Å². The maximum absolute atomic E-state index is 13.3. The summed E-state index contributed by atoms with van der Waals surface area (Å²) in [6, 6.07) is 18.3. The minimum atomic E-state index is -0.557. The smallest absolute Gasteiger partial charge is 0.258 e. The molecule has 0 radical (unpaired) electrons. The molecule has 7 nitrogen and oxygen atoms in total. The van der Waals surface area contributed by atoms with Crippen LogP contribution >= 0.6 is 0 Å². The molecule has 36 heavy (non-hydrogen) atoms. The van der Waals surface area contributed by atoms with Crippen molar-refractivity contribution in [3.8, 4) is 5.75 Å². The van der Waals surface area contributed by atoms with Gasteiger partial charge in [0.1, 0.15) is 11.8 Å². The summed E-state index contributed by atoms with van der Waals surface area (Å²) in [7, 11) is 0. The summed E-state index contributed by atoms with van der Waals surface area (Å²) < 4.78 is 0. The lowest BCUT2D eigenvalue weighted by Gasteiger charge is -2.34. The molecule has 5 rings (SSSR count). The van der Waals surface area contributed by atoms with Crippen LogP contribution in [0.4, 0.5) is 5.69 Å². The number of hydrogen-bond acceptors (Lipinski definition) is 5. The Balaban J connectivity index is 1.22. The molecule has 7 heteroatoms. The molecular formula is C29H34N4O3. The van der Waals surface area contributed by atoms with Gasteiger partial charge in [-0.1, -0.05) is 49.4 Å². The number of benzene rings is 3. The van der Waals surface area contributed by atoms with Gasteiger partial charge in [0.15, 0.2) is 0 Å². The Hall–Kier alpha value is -3.42. The van der Waals surface area contributed by atoms with Crippen LogP contribution in [-0.4, -0.2) is 76.9 Å². The van der Waals surface area contributed by atoms with Gasteiger partial charge in [-0.05, 0) is 48.5 Å². The summed E-state index contributed by atoms with van der Waals surface area (Å²) >= 11 is 0. The molecule has 1 unspecified atom stereocenters. The number of likely N-dealkylation sites (tertiary alicyclic amines) is 1. The topological polar surface area (TPSA) is 76.1 Å². The first-order valence-corrected chi connectivity index (χ1v) is 12.9. The summed E-state index contributed by atoms with van der Waals surface area (Å²) in [6.07, 6.45) is 1.36. The number of piperazine rings is 1. The van der Waals surface area contributed by atoms with Crippen LogP contribution in [0.5, 0.6) is 5.75 Å². The van der Waals surface area contributed by atoms with Crippen molar-refractivity contribution in [2.45, 2.75) is 32.4 Å². The van der Waals surface area contributed by atoms with Crippen LogP contribution in [0.3, 0.4) is 0 Å². The molecule has 2 amide bonds. The lowest BCUT2D eigenvalue weighted by molar-refractivity contribution is -0.119. The molecule has 0 aromatic heterocycles. The molecule has 2 heterocycles. The summed E-state index contributed by atoms with van der Waals surface area (Å²) in [5.41, 5.74) is 2.19. The van der Waals surface area contributed by atoms with Crippen LogP contribution in [0.25, 0.3) is 10.8 Å². The average molecular weight is 487 g/mol. The summed E-state index contributed by atoms with van der Waals surface area (Å²) in [4.78, 5) is 33.0. The SMILES string of the molecule is CCN1CCN(Cc2ccc(NC(=O)C3CCCN3C(=O)c3ccc4ccccc4c3O)cc2)CC1. The van der Waals surface area contributed by atoms with Gasteiger partial charge in [-0.15, -0.1) is 0 Å². The maximum Gasteiger partial charge on any atom is 0.258 e. The highest BCUT2D eigenvalue weighted by atomic mass is 16.3. The van der Waals surface area contributed by atoms with E-state index >= 15 is 0 Å². The fourth-order valence-electron chi connectivity index (χ4n) is 5.31. The van der Waals surface area contributed by atoms with Crippen molar-refractivity contribution in [3.05, 3.63) is 71.8 Å². The number of phenols is 1. The van der Waals surface area contributed by atoms with Gasteiger partial charge in [0.05, 0.1) is 5.56 Å². The van der Waals surface area contributed by atoms with E-state index in [4.69, 9.17) is 0 Å². The van der Waals surface area contributed by atoms with Crippen LogP contribution in [0.2, 0.25) is 0 Å². The van der Waals surface area contributed by atoms with Crippen molar-refractivity contribution >= 4 is 28.3 Å². The Bertz CT molecular complexity index is 1240. The van der Waals surface area contributed by atoms with Gasteiger partial charge in [-0.2, -0.15) is 0 Å². The number of hydrogen-bond donors (Lipinski definition) is 2. The third-order valence-corrected chi connectivity index (χ3v) is 7.49. The molecule has 2 saturated heterocycles. The quantitative estimate of drug-likeness (QED) is 0.552. The fourth-order valence-corrected chi connectivity index (χ4v) is 5.31. The zero-order valence-corrected chi connectivity index (χ0v) is 20.8. The molecule has 2 aliphatic rings. The second-order valence-electron chi connectivity index (χ2n) is 9.74. The lowest BCUT2D eigenvalue weighted by atomic mass is 10.0. The van der Waals surface area contributed by atoms with Gasteiger partial charge >= 0.3 is 0 Å². The van der Waals surface area contributed by atoms with Crippen molar-refractivity contribution in [1.82, 2.24) is 14.7 Å². The Morgan fingerprint density at radius 1 is 0.917 bits per heavy atom. The van der Waals surface area contributed by atoms with Crippen molar-refractivity contribution in [2.24, 2.45) is 0 Å². The van der Waals surface area contributed by atoms with Crippen LogP contribution in [0.1, 0.15) is 35.7 Å². The summed E-state index contributed by atoms with van der Waals surface area (Å²) in [5, 5.41) is 15.3. The van der Waals surface area contributed by atoms with Gasteiger partial charge < -0.3 is 20.2 Å². The number of amides is 2. The van der Waals surface area contributed by atoms with E-state index in [0.717, 1.165) is 56.8 Å². The van der Waals surface area contributed by atoms with Gasteiger partial charge in [0, 0.05) is 50.3 Å². The number of nitrogens with one attached hydrogen (secondary N) is 1. The van der Waals surface area contributed by atoms with Gasteiger partial charge in [0.2, 0.25) is 5.91 Å². The van der Waals surface area contributed by atoms with Crippen molar-refractivity contribution in [3.63, 3.8) is 0 Å². The van der Waals surface area contributed by atoms with Gasteiger partial charge in [0.25, 0.3) is 5.91 Å². The zero-order chi connectivity index (χ0) is 25.1. The van der Waals surface area contributed by atoms with Crippen LogP contribution in [0, 0.1) is 0 Å². The molecule has 0 saturated carbocycles. The molecule has 3 aromatic rings. The highest BCUT2D eigenvalue weighted by molar-refractivity contribution is 6.06. The fraction of sp³-hybridized carbons (Fsp3) is 0.379. The minimum absolute atomic E-state index is 0.0316. The third-order valence-electron chi connectivity index (χ3n) is 7.49. The third kappa shape index (κ3) is 5.08. The van der Waals surface area contributed by atoms with Crippen molar-refractivity contribution in [2.75, 3.05) is 44.6 Å². The first-order valence-electron chi connectivity index (χ1n) is 12.9. The second-order valence-corrected chi connectivity index (χ2v) is 9.74. The van der Waals surface area contributed by atoms with Gasteiger partial charge in [-0.3, -0.25) is 14.5 Å². The first kappa shape index (κ1) is 24.3. The lowest BCUT2D eigenvalue weighted by Crippen LogP contribution is -2.45. The number of fused-ring (bicyclic) bond motifs is 1. The monoisotopic (exact) mass is 486 g/mol. The summed E-state index contributed by atoms with van der Waals surface area (Å²) in [6.45, 7) is 9.08. The Labute approximate surface area is 212 Å². The highest BCUT2D eigenvalue weighted by Gasteiger charge is 2.35. The molecule has 0 aliphatic carbocycles. The number of nitrogens with zero attached hydrogens (tertiary/aromatic N) is 3. The molecule has 2 fully saturated rings. The molecule has 0 bridgehead atoms. The number of aromatic hydroxyl groups is 1. The predicted molar refractivity (Wildman–Crippen MR) is 142 cm³/mol. The molecule has 3 aromatic carbocycles. The minimum Gasteiger partial charge on any atom is -0.506 e. The van der Waals surface area contributed by atoms with E-state index < -0.39 is 6.04 Å². The summed E-state index contributed by atoms with van der Waals surface area (Å²) in [5.74, 6) is -0.533. The number of likely N-dealkylation sites (N-methyl/N-ethyl adjacent to an activating group) is 1. The van der Waals surface area contributed by atoms with E-state index in [1.165, 1.54) is 5.56 Å². The molecular weight excluding hydrogens is 452 g/mol. The molecule has 1 atom stereocenters. The Kier molecular flexibility index (Phi) is 7.20. The largest absolute Gasteiger partial charge is 0.506 e. The second kappa shape index (κ2) is 10.7. The molecule has 0 spiro atoms. The molecule has 188 valence electrons. The van der Waals surface area contributed by atoms with Crippen molar-refractivity contribution < 1.29 is 14.7 Å². The predicted octanol–water partition coefficient (Wildman–Crippen LogP) is 3.93. The zero-order valence-electron chi connectivity index (χ0n) is 20.8. The Morgan fingerprint density at radius 3 is 2.39 bits per heavy atom. The van der Waals surface area contributed by atoms with E-state index in [9.17, 15) is 14.7 Å². The normalized spacial score (nSPS) is 19.0.